The van der Waals surface area contributed by atoms with Crippen molar-refractivity contribution in [3.63, 3.8) is 0 Å². The molecule has 0 amide bonds. The van der Waals surface area contributed by atoms with Crippen molar-refractivity contribution in [1.82, 2.24) is 4.98 Å². The van der Waals surface area contributed by atoms with E-state index < -0.39 is 0 Å². The van der Waals surface area contributed by atoms with Crippen LogP contribution in [0.2, 0.25) is 0 Å². The first kappa shape index (κ1) is 8.97. The van der Waals surface area contributed by atoms with Crippen LogP contribution in [0.4, 0.5) is 0 Å². The highest BCUT2D eigenvalue weighted by Crippen LogP contribution is 2.26. The molecule has 0 fully saturated rings. The Morgan fingerprint density at radius 2 is 1.77 bits per heavy atom. The van der Waals surface area contributed by atoms with Crippen LogP contribution >= 0.6 is 31.9 Å². The van der Waals surface area contributed by atoms with Crippen molar-refractivity contribution < 1.29 is 0 Å². The first-order valence-corrected chi connectivity index (χ1v) is 5.24. The predicted molar refractivity (Wildman–Crippen MR) is 60.0 cm³/mol. The third kappa shape index (κ3) is 1.44. The summed E-state index contributed by atoms with van der Waals surface area (Å²) in [7, 11) is 0. The molecule has 0 saturated carbocycles. The summed E-state index contributed by atoms with van der Waals surface area (Å²) in [5.41, 5.74) is -0.0781. The van der Waals surface area contributed by atoms with Crippen LogP contribution < -0.4 is 5.56 Å². The molecule has 0 aliphatic carbocycles. The maximum absolute atomic E-state index is 11.4. The fourth-order valence-corrected chi connectivity index (χ4v) is 2.22. The summed E-state index contributed by atoms with van der Waals surface area (Å²) in [5, 5.41) is 1.59. The first-order chi connectivity index (χ1) is 6.20. The lowest BCUT2D eigenvalue weighted by atomic mass is 10.2. The lowest BCUT2D eigenvalue weighted by Crippen LogP contribution is -2.05. The molecule has 1 N–H and O–H groups in total. The highest BCUT2D eigenvalue weighted by Gasteiger charge is 2.04. The fraction of sp³-hybridized carbons (Fsp3) is 0. The Morgan fingerprint density at radius 3 is 2.46 bits per heavy atom. The molecule has 0 aliphatic heterocycles. The quantitative estimate of drug-likeness (QED) is 0.797. The predicted octanol–water partition coefficient (Wildman–Crippen LogP) is 3.05. The molecule has 2 rings (SSSR count). The third-order valence-electron chi connectivity index (χ3n) is 1.83. The van der Waals surface area contributed by atoms with E-state index in [1.54, 1.807) is 6.20 Å². The van der Waals surface area contributed by atoms with Gasteiger partial charge >= 0.3 is 0 Å². The molecule has 66 valence electrons. The molecule has 0 saturated heterocycles. The van der Waals surface area contributed by atoms with E-state index in [1.165, 1.54) is 0 Å². The van der Waals surface area contributed by atoms with Crippen molar-refractivity contribution in [2.75, 3.05) is 0 Å². The second kappa shape index (κ2) is 3.27. The van der Waals surface area contributed by atoms with Gasteiger partial charge in [-0.15, -0.1) is 0 Å². The number of fused-ring (bicyclic) bond motifs is 1. The summed E-state index contributed by atoms with van der Waals surface area (Å²) in [6, 6.07) is 5.62. The number of aromatic nitrogens is 1. The summed E-state index contributed by atoms with van der Waals surface area (Å²) in [6.07, 6.45) is 1.64. The number of nitrogens with one attached hydrogen (secondary N) is 1. The normalized spacial score (nSPS) is 10.6. The molecule has 1 aromatic carbocycles. The van der Waals surface area contributed by atoms with E-state index in [0.29, 0.717) is 5.39 Å². The van der Waals surface area contributed by atoms with Crippen LogP contribution in [0, 0.1) is 0 Å². The van der Waals surface area contributed by atoms with E-state index in [-0.39, 0.29) is 5.56 Å². The zero-order valence-electron chi connectivity index (χ0n) is 6.47. The van der Waals surface area contributed by atoms with Gasteiger partial charge in [-0.05, 0) is 34.1 Å². The van der Waals surface area contributed by atoms with Crippen molar-refractivity contribution in [1.29, 1.82) is 0 Å². The van der Waals surface area contributed by atoms with Crippen LogP contribution in [0.25, 0.3) is 10.8 Å². The van der Waals surface area contributed by atoms with E-state index in [9.17, 15) is 4.79 Å². The Kier molecular flexibility index (Phi) is 2.26. The van der Waals surface area contributed by atoms with Crippen LogP contribution in [0.3, 0.4) is 0 Å². The van der Waals surface area contributed by atoms with Gasteiger partial charge < -0.3 is 4.98 Å². The van der Waals surface area contributed by atoms with Crippen LogP contribution in [-0.4, -0.2) is 4.98 Å². The van der Waals surface area contributed by atoms with Crippen LogP contribution in [-0.2, 0) is 0 Å². The van der Waals surface area contributed by atoms with Gasteiger partial charge in [-0.1, -0.05) is 15.9 Å². The number of aromatic amines is 1. The van der Waals surface area contributed by atoms with E-state index in [1.807, 2.05) is 18.2 Å². The number of pyridine rings is 1. The van der Waals surface area contributed by atoms with Gasteiger partial charge in [0.1, 0.15) is 0 Å². The summed E-state index contributed by atoms with van der Waals surface area (Å²) in [4.78, 5) is 14.1. The van der Waals surface area contributed by atoms with Crippen molar-refractivity contribution in [3.05, 3.63) is 43.7 Å². The maximum atomic E-state index is 11.4. The van der Waals surface area contributed by atoms with Crippen molar-refractivity contribution in [3.8, 4) is 0 Å². The third-order valence-corrected chi connectivity index (χ3v) is 3.19. The SMILES string of the molecule is O=c1[nH]ccc2c(Br)ccc(Br)c12. The molecule has 4 heteroatoms. The molecule has 0 aliphatic rings. The number of rotatable bonds is 0. The Morgan fingerprint density at radius 1 is 1.08 bits per heavy atom. The molecule has 0 radical (unpaired) electrons. The maximum Gasteiger partial charge on any atom is 0.256 e. The number of hydrogen-bond donors (Lipinski definition) is 1. The molecule has 1 aromatic heterocycles. The topological polar surface area (TPSA) is 32.9 Å². The van der Waals surface area contributed by atoms with Crippen LogP contribution in [0.15, 0.2) is 38.1 Å². The van der Waals surface area contributed by atoms with E-state index >= 15 is 0 Å². The number of halogens is 2. The van der Waals surface area contributed by atoms with Crippen molar-refractivity contribution in [2.24, 2.45) is 0 Å². The van der Waals surface area contributed by atoms with Gasteiger partial charge in [-0.2, -0.15) is 0 Å². The summed E-state index contributed by atoms with van der Waals surface area (Å²) in [5.74, 6) is 0. The molecule has 1 heterocycles. The Bertz CT molecular complexity index is 518. The summed E-state index contributed by atoms with van der Waals surface area (Å²) < 4.78 is 1.74. The molecular weight excluding hydrogens is 298 g/mol. The van der Waals surface area contributed by atoms with Gasteiger partial charge in [0.05, 0.1) is 5.39 Å². The number of hydrogen-bond acceptors (Lipinski definition) is 1. The van der Waals surface area contributed by atoms with Gasteiger partial charge in [-0.25, -0.2) is 0 Å². The molecule has 0 atom stereocenters. The van der Waals surface area contributed by atoms with Crippen LogP contribution in [0.1, 0.15) is 0 Å². The number of benzene rings is 1. The lowest BCUT2D eigenvalue weighted by molar-refractivity contribution is 1.27. The average Bonchev–Trinajstić information content (AvgIpc) is 2.12. The largest absolute Gasteiger partial charge is 0.329 e. The number of H-pyrrole nitrogens is 1. The van der Waals surface area contributed by atoms with Crippen LogP contribution in [0.5, 0.6) is 0 Å². The second-order valence-electron chi connectivity index (χ2n) is 2.62. The van der Waals surface area contributed by atoms with E-state index in [0.717, 1.165) is 14.3 Å². The Hall–Kier alpha value is -0.610. The van der Waals surface area contributed by atoms with Gasteiger partial charge in [0, 0.05) is 20.5 Å². The summed E-state index contributed by atoms with van der Waals surface area (Å²) in [6.45, 7) is 0. The molecule has 0 spiro atoms. The molecule has 0 unspecified atom stereocenters. The van der Waals surface area contributed by atoms with Gasteiger partial charge in [0.2, 0.25) is 0 Å². The fourth-order valence-electron chi connectivity index (χ4n) is 1.23. The summed E-state index contributed by atoms with van der Waals surface area (Å²) >= 11 is 6.73. The smallest absolute Gasteiger partial charge is 0.256 e. The van der Waals surface area contributed by atoms with Crippen molar-refractivity contribution >= 4 is 42.6 Å². The van der Waals surface area contributed by atoms with Crippen molar-refractivity contribution in [2.45, 2.75) is 0 Å². The molecule has 13 heavy (non-hydrogen) atoms. The average molecular weight is 303 g/mol. The molecule has 0 bridgehead atoms. The lowest BCUT2D eigenvalue weighted by Gasteiger charge is -2.00. The highest BCUT2D eigenvalue weighted by atomic mass is 79.9. The standard InChI is InChI=1S/C9H5Br2NO/c10-6-1-2-7(11)8-5(6)3-4-12-9(8)13/h1-4H,(H,12,13). The molecular formula is C9H5Br2NO. The zero-order valence-corrected chi connectivity index (χ0v) is 9.65. The Labute approximate surface area is 91.2 Å². The van der Waals surface area contributed by atoms with Gasteiger partial charge in [-0.3, -0.25) is 4.79 Å². The minimum absolute atomic E-state index is 0.0781. The second-order valence-corrected chi connectivity index (χ2v) is 4.33. The van der Waals surface area contributed by atoms with E-state index in [2.05, 4.69) is 36.8 Å². The molecule has 2 aromatic rings. The minimum atomic E-state index is -0.0781. The minimum Gasteiger partial charge on any atom is -0.329 e. The monoisotopic (exact) mass is 301 g/mol. The Balaban J connectivity index is 3.09. The first-order valence-electron chi connectivity index (χ1n) is 3.65. The highest BCUT2D eigenvalue weighted by molar-refractivity contribution is 9.11. The van der Waals surface area contributed by atoms with E-state index in [4.69, 9.17) is 0 Å². The zero-order chi connectivity index (χ0) is 9.42. The van der Waals surface area contributed by atoms with Gasteiger partial charge in [0.25, 0.3) is 5.56 Å². The molecule has 2 nitrogen and oxygen atoms in total. The van der Waals surface area contributed by atoms with Gasteiger partial charge in [0.15, 0.2) is 0 Å².